The van der Waals surface area contributed by atoms with Crippen LogP contribution < -0.4 is 10.9 Å². The van der Waals surface area contributed by atoms with Crippen LogP contribution in [0.2, 0.25) is 0 Å². The van der Waals surface area contributed by atoms with E-state index in [1.165, 1.54) is 4.57 Å². The fraction of sp³-hybridized carbons (Fsp3) is 0.200. The number of rotatable bonds is 3. The third kappa shape index (κ3) is 2.80. The Kier molecular flexibility index (Phi) is 3.83. The Bertz CT molecular complexity index is 1010. The third-order valence-electron chi connectivity index (χ3n) is 3.52. The molecule has 0 atom stereocenters. The standard InChI is InChI=1S/C15H15N5O2S/c1-3-20-14(22)10-5-4-9(8-11(10)16-15(20)23)13(21)17-12-6-7-19(2)18-12/h4-8H,3H2,1-2H3,(H,16,23)(H,17,18,21). The van der Waals surface area contributed by atoms with Gasteiger partial charge in [0.1, 0.15) is 0 Å². The summed E-state index contributed by atoms with van der Waals surface area (Å²) in [6.07, 6.45) is 1.74. The van der Waals surface area contributed by atoms with E-state index in [1.54, 1.807) is 42.2 Å². The lowest BCUT2D eigenvalue weighted by Gasteiger charge is -2.07. The molecule has 0 aliphatic rings. The fourth-order valence-corrected chi connectivity index (χ4v) is 2.68. The first kappa shape index (κ1) is 15.2. The van der Waals surface area contributed by atoms with Gasteiger partial charge in [-0.3, -0.25) is 18.8 Å². The van der Waals surface area contributed by atoms with Gasteiger partial charge in [0.25, 0.3) is 11.5 Å². The number of amides is 1. The zero-order valence-electron chi connectivity index (χ0n) is 12.7. The molecule has 0 aliphatic carbocycles. The molecule has 3 aromatic rings. The van der Waals surface area contributed by atoms with Gasteiger partial charge < -0.3 is 10.3 Å². The first-order valence-electron chi connectivity index (χ1n) is 7.07. The molecule has 7 nitrogen and oxygen atoms in total. The van der Waals surface area contributed by atoms with Gasteiger partial charge in [-0.1, -0.05) is 0 Å². The van der Waals surface area contributed by atoms with E-state index in [2.05, 4.69) is 15.4 Å². The number of hydrogen-bond acceptors (Lipinski definition) is 4. The van der Waals surface area contributed by atoms with Gasteiger partial charge in [-0.2, -0.15) is 5.10 Å². The maximum absolute atomic E-state index is 12.3. The van der Waals surface area contributed by atoms with Gasteiger partial charge >= 0.3 is 0 Å². The summed E-state index contributed by atoms with van der Waals surface area (Å²) in [7, 11) is 1.77. The molecule has 0 radical (unpaired) electrons. The lowest BCUT2D eigenvalue weighted by Crippen LogP contribution is -2.21. The molecule has 0 saturated heterocycles. The van der Waals surface area contributed by atoms with Crippen molar-refractivity contribution in [2.45, 2.75) is 13.5 Å². The topological polar surface area (TPSA) is 84.7 Å². The minimum Gasteiger partial charge on any atom is -0.332 e. The maximum Gasteiger partial charge on any atom is 0.262 e. The minimum atomic E-state index is -0.301. The molecule has 23 heavy (non-hydrogen) atoms. The van der Waals surface area contributed by atoms with Gasteiger partial charge in [0, 0.05) is 31.4 Å². The molecular weight excluding hydrogens is 314 g/mol. The normalized spacial score (nSPS) is 10.9. The number of nitrogens with zero attached hydrogens (tertiary/aromatic N) is 3. The number of anilines is 1. The Morgan fingerprint density at radius 3 is 2.83 bits per heavy atom. The van der Waals surface area contributed by atoms with Crippen molar-refractivity contribution in [3.63, 3.8) is 0 Å². The monoisotopic (exact) mass is 329 g/mol. The van der Waals surface area contributed by atoms with Crippen molar-refractivity contribution in [3.8, 4) is 0 Å². The van der Waals surface area contributed by atoms with E-state index in [0.29, 0.717) is 33.6 Å². The van der Waals surface area contributed by atoms with E-state index >= 15 is 0 Å². The summed E-state index contributed by atoms with van der Waals surface area (Å²) in [6.45, 7) is 2.34. The number of fused-ring (bicyclic) bond motifs is 1. The molecule has 1 amide bonds. The number of aromatic amines is 1. The molecule has 3 rings (SSSR count). The number of carbonyl (C=O) groups excluding carboxylic acids is 1. The van der Waals surface area contributed by atoms with E-state index in [1.807, 2.05) is 6.92 Å². The highest BCUT2D eigenvalue weighted by atomic mass is 32.1. The Balaban J connectivity index is 2.01. The second-order valence-corrected chi connectivity index (χ2v) is 5.46. The summed E-state index contributed by atoms with van der Waals surface area (Å²) in [4.78, 5) is 27.6. The third-order valence-corrected chi connectivity index (χ3v) is 3.84. The fourth-order valence-electron chi connectivity index (χ4n) is 2.35. The molecule has 0 aliphatic heterocycles. The van der Waals surface area contributed by atoms with Gasteiger partial charge in [0.15, 0.2) is 10.6 Å². The molecule has 8 heteroatoms. The number of nitrogens with one attached hydrogen (secondary N) is 2. The highest BCUT2D eigenvalue weighted by Gasteiger charge is 2.11. The van der Waals surface area contributed by atoms with Crippen molar-refractivity contribution < 1.29 is 4.79 Å². The Hall–Kier alpha value is -2.74. The van der Waals surface area contributed by atoms with Crippen molar-refractivity contribution in [2.24, 2.45) is 7.05 Å². The van der Waals surface area contributed by atoms with Crippen LogP contribution in [0, 0.1) is 4.77 Å². The van der Waals surface area contributed by atoms with Crippen molar-refractivity contribution in [1.82, 2.24) is 19.3 Å². The number of aryl methyl sites for hydroxylation is 1. The van der Waals surface area contributed by atoms with Crippen LogP contribution in [-0.4, -0.2) is 25.2 Å². The van der Waals surface area contributed by atoms with E-state index in [4.69, 9.17) is 12.2 Å². The van der Waals surface area contributed by atoms with E-state index in [-0.39, 0.29) is 11.5 Å². The maximum atomic E-state index is 12.3. The molecule has 0 fully saturated rings. The molecule has 1 aromatic carbocycles. The predicted molar refractivity (Wildman–Crippen MR) is 90.2 cm³/mol. The number of carbonyl (C=O) groups is 1. The van der Waals surface area contributed by atoms with Crippen molar-refractivity contribution in [2.75, 3.05) is 5.32 Å². The number of aromatic nitrogens is 4. The lowest BCUT2D eigenvalue weighted by molar-refractivity contribution is 0.102. The highest BCUT2D eigenvalue weighted by molar-refractivity contribution is 7.71. The minimum absolute atomic E-state index is 0.164. The number of hydrogen-bond donors (Lipinski definition) is 2. The van der Waals surface area contributed by atoms with Crippen LogP contribution in [0.25, 0.3) is 10.9 Å². The van der Waals surface area contributed by atoms with Gasteiger partial charge in [0.05, 0.1) is 10.9 Å². The first-order chi connectivity index (χ1) is 11.0. The number of H-pyrrole nitrogens is 1. The zero-order valence-corrected chi connectivity index (χ0v) is 13.5. The second-order valence-electron chi connectivity index (χ2n) is 5.07. The van der Waals surface area contributed by atoms with Gasteiger partial charge in [-0.25, -0.2) is 0 Å². The van der Waals surface area contributed by atoms with Crippen LogP contribution in [0.5, 0.6) is 0 Å². The van der Waals surface area contributed by atoms with Gasteiger partial charge in [0.2, 0.25) is 0 Å². The molecule has 0 saturated carbocycles. The summed E-state index contributed by atoms with van der Waals surface area (Å²) in [5, 5.41) is 7.29. The molecule has 0 spiro atoms. The Labute approximate surface area is 136 Å². The molecule has 0 unspecified atom stereocenters. The molecular formula is C15H15N5O2S. The second kappa shape index (κ2) is 5.81. The predicted octanol–water partition coefficient (Wildman–Crippen LogP) is 2.06. The number of benzene rings is 1. The van der Waals surface area contributed by atoms with Crippen molar-refractivity contribution in [1.29, 1.82) is 0 Å². The smallest absolute Gasteiger partial charge is 0.262 e. The summed E-state index contributed by atoms with van der Waals surface area (Å²) in [5.41, 5.74) is 0.795. The average molecular weight is 329 g/mol. The van der Waals surface area contributed by atoms with Gasteiger partial charge in [-0.05, 0) is 37.3 Å². The Morgan fingerprint density at radius 1 is 1.39 bits per heavy atom. The summed E-state index contributed by atoms with van der Waals surface area (Å²) in [6, 6.07) is 6.55. The van der Waals surface area contributed by atoms with Gasteiger partial charge in [-0.15, -0.1) is 0 Å². The lowest BCUT2D eigenvalue weighted by atomic mass is 10.1. The zero-order chi connectivity index (χ0) is 16.6. The summed E-state index contributed by atoms with van der Waals surface area (Å²) in [5.74, 6) is 0.163. The van der Waals surface area contributed by atoms with E-state index in [0.717, 1.165) is 0 Å². The van der Waals surface area contributed by atoms with Crippen LogP contribution in [-0.2, 0) is 13.6 Å². The highest BCUT2D eigenvalue weighted by Crippen LogP contribution is 2.12. The first-order valence-corrected chi connectivity index (χ1v) is 7.48. The van der Waals surface area contributed by atoms with Crippen molar-refractivity contribution >= 4 is 34.8 Å². The molecule has 0 bridgehead atoms. The Morgan fingerprint density at radius 2 is 2.17 bits per heavy atom. The molecule has 2 N–H and O–H groups in total. The molecule has 2 heterocycles. The summed E-state index contributed by atoms with van der Waals surface area (Å²) >= 11 is 5.18. The van der Waals surface area contributed by atoms with E-state index < -0.39 is 0 Å². The summed E-state index contributed by atoms with van der Waals surface area (Å²) < 4.78 is 3.42. The van der Waals surface area contributed by atoms with Crippen LogP contribution in [0.15, 0.2) is 35.3 Å². The van der Waals surface area contributed by atoms with Crippen LogP contribution in [0.3, 0.4) is 0 Å². The SMILES string of the molecule is CCn1c(=S)[nH]c2cc(C(=O)Nc3ccn(C)n3)ccc2c1=O. The van der Waals surface area contributed by atoms with Crippen molar-refractivity contribution in [3.05, 3.63) is 51.2 Å². The van der Waals surface area contributed by atoms with E-state index in [9.17, 15) is 9.59 Å². The van der Waals surface area contributed by atoms with Crippen LogP contribution in [0.4, 0.5) is 5.82 Å². The molecule has 118 valence electrons. The molecule has 2 aromatic heterocycles. The van der Waals surface area contributed by atoms with Crippen LogP contribution in [0.1, 0.15) is 17.3 Å². The van der Waals surface area contributed by atoms with Crippen LogP contribution >= 0.6 is 12.2 Å². The average Bonchev–Trinajstić information content (AvgIpc) is 2.92. The quantitative estimate of drug-likeness (QED) is 0.720. The largest absolute Gasteiger partial charge is 0.332 e.